The zero-order valence-electron chi connectivity index (χ0n) is 46.5. The Morgan fingerprint density at radius 2 is 0.871 bits per heavy atom. The molecule has 0 fully saturated rings. The van der Waals surface area contributed by atoms with E-state index in [0.29, 0.717) is 23.9 Å². The summed E-state index contributed by atoms with van der Waals surface area (Å²) in [4.78, 5) is 39.8. The molecule has 3 unspecified atom stereocenters. The highest BCUT2D eigenvalue weighted by Gasteiger charge is 2.27. The van der Waals surface area contributed by atoms with E-state index in [1.165, 1.54) is 141 Å². The largest absolute Gasteiger partial charge is 0.756 e. The molecule has 0 aliphatic heterocycles. The van der Waals surface area contributed by atoms with Gasteiger partial charge in [0.25, 0.3) is 7.82 Å². The SMILES string of the molecule is CCCCC/C=C\C/C=C\C/C=C\C/C=C\CCCCCC(=O)OC(/C=C/CCCCCCCCCCC)C(COP(=O)([O-])OCC[N+](C)(C)C)NC(=O)CCCCCCCCCCCCCCCC. The zero-order chi connectivity index (χ0) is 51.5. The molecule has 0 bridgehead atoms. The number of nitrogens with one attached hydrogen (secondary N) is 1. The first-order valence-electron chi connectivity index (χ1n) is 29.1. The van der Waals surface area contributed by atoms with Gasteiger partial charge in [0.15, 0.2) is 0 Å². The number of esters is 1. The maximum atomic E-state index is 13.5. The van der Waals surface area contributed by atoms with E-state index in [0.717, 1.165) is 77.0 Å². The lowest BCUT2D eigenvalue weighted by Gasteiger charge is -2.30. The average Bonchev–Trinajstić information content (AvgIpc) is 3.32. The molecular weight excluding hydrogens is 892 g/mol. The number of amides is 1. The average molecular weight is 1000 g/mol. The van der Waals surface area contributed by atoms with Gasteiger partial charge in [0.05, 0.1) is 33.8 Å². The molecule has 1 amide bonds. The first-order valence-corrected chi connectivity index (χ1v) is 30.6. The van der Waals surface area contributed by atoms with E-state index in [9.17, 15) is 19.0 Å². The Kier molecular flexibility index (Phi) is 48.6. The maximum Gasteiger partial charge on any atom is 0.306 e. The van der Waals surface area contributed by atoms with Crippen LogP contribution in [0.4, 0.5) is 0 Å². The topological polar surface area (TPSA) is 114 Å². The van der Waals surface area contributed by atoms with Crippen LogP contribution in [0.1, 0.15) is 258 Å². The number of allylic oxidation sites excluding steroid dienone is 9. The van der Waals surface area contributed by atoms with Crippen LogP contribution in [0.5, 0.6) is 0 Å². The molecule has 1 N–H and O–H groups in total. The third-order valence-corrected chi connectivity index (χ3v) is 13.7. The van der Waals surface area contributed by atoms with Crippen LogP contribution in [0.15, 0.2) is 60.8 Å². The Balaban J connectivity index is 5.35. The van der Waals surface area contributed by atoms with E-state index >= 15 is 0 Å². The fraction of sp³-hybridized carbons (Fsp3) is 0.800. The Morgan fingerprint density at radius 3 is 1.34 bits per heavy atom. The lowest BCUT2D eigenvalue weighted by atomic mass is 10.0. The number of phosphoric acid groups is 1. The van der Waals surface area contributed by atoms with Crippen molar-refractivity contribution in [1.29, 1.82) is 0 Å². The van der Waals surface area contributed by atoms with E-state index < -0.39 is 26.6 Å². The molecule has 0 radical (unpaired) electrons. The highest BCUT2D eigenvalue weighted by atomic mass is 31.2. The Labute approximate surface area is 432 Å². The standard InChI is InChI=1S/C60H111N2O7P/c1-7-10-13-16-19-22-25-27-29-30-31-32-33-35-38-41-44-47-50-53-60(64)69-58(51-48-45-42-39-36-24-21-18-15-12-9-3)57(56-68-70(65,66)67-55-54-62(4,5)6)61-59(63)52-49-46-43-40-37-34-28-26-23-20-17-14-11-8-2/h19,22,27,29,31-32,35,38,48,51,57-58H,7-18,20-21,23-26,28,30,33-34,36-37,39-47,49-50,52-56H2,1-6H3,(H-,61,63,65,66)/b22-19-,29-27-,32-31-,38-35-,51-48+. The minimum atomic E-state index is -4.70. The predicted molar refractivity (Wildman–Crippen MR) is 298 cm³/mol. The minimum absolute atomic E-state index is 0.0279. The van der Waals surface area contributed by atoms with Crippen molar-refractivity contribution in [3.63, 3.8) is 0 Å². The maximum absolute atomic E-state index is 13.5. The molecule has 9 nitrogen and oxygen atoms in total. The van der Waals surface area contributed by atoms with Crippen molar-refractivity contribution in [3.05, 3.63) is 60.8 Å². The fourth-order valence-corrected chi connectivity index (χ4v) is 8.87. The summed E-state index contributed by atoms with van der Waals surface area (Å²) < 4.78 is 30.2. The van der Waals surface area contributed by atoms with Crippen LogP contribution in [0, 0.1) is 0 Å². The Morgan fingerprint density at radius 1 is 0.500 bits per heavy atom. The van der Waals surface area contributed by atoms with Gasteiger partial charge in [0.1, 0.15) is 19.3 Å². The molecule has 0 rings (SSSR count). The summed E-state index contributed by atoms with van der Waals surface area (Å²) in [5, 5.41) is 3.01. The second-order valence-corrected chi connectivity index (χ2v) is 22.2. The van der Waals surface area contributed by atoms with Gasteiger partial charge in [-0.25, -0.2) is 0 Å². The molecular formula is C60H111N2O7P. The zero-order valence-corrected chi connectivity index (χ0v) is 47.4. The molecule has 0 heterocycles. The summed E-state index contributed by atoms with van der Waals surface area (Å²) in [7, 11) is 1.17. The first-order chi connectivity index (χ1) is 33.9. The monoisotopic (exact) mass is 1000 g/mol. The summed E-state index contributed by atoms with van der Waals surface area (Å²) in [6.45, 7) is 6.79. The summed E-state index contributed by atoms with van der Waals surface area (Å²) in [6, 6.07) is -0.899. The van der Waals surface area contributed by atoms with Crippen LogP contribution in [0.2, 0.25) is 0 Å². The number of hydrogen-bond acceptors (Lipinski definition) is 7. The second kappa shape index (κ2) is 50.3. The van der Waals surface area contributed by atoms with E-state index in [4.69, 9.17) is 13.8 Å². The van der Waals surface area contributed by atoms with Gasteiger partial charge >= 0.3 is 5.97 Å². The number of ether oxygens (including phenoxy) is 1. The van der Waals surface area contributed by atoms with Crippen molar-refractivity contribution >= 4 is 19.7 Å². The van der Waals surface area contributed by atoms with Gasteiger partial charge in [-0.1, -0.05) is 230 Å². The van der Waals surface area contributed by atoms with E-state index in [1.807, 2.05) is 33.3 Å². The highest BCUT2D eigenvalue weighted by molar-refractivity contribution is 7.45. The second-order valence-electron chi connectivity index (χ2n) is 20.8. The molecule has 0 saturated heterocycles. The van der Waals surface area contributed by atoms with Gasteiger partial charge in [-0.15, -0.1) is 0 Å². The van der Waals surface area contributed by atoms with Crippen molar-refractivity contribution in [2.24, 2.45) is 0 Å². The van der Waals surface area contributed by atoms with Gasteiger partial charge in [-0.3, -0.25) is 14.2 Å². The third-order valence-electron chi connectivity index (χ3n) is 12.7. The van der Waals surface area contributed by atoms with Crippen molar-refractivity contribution in [3.8, 4) is 0 Å². The predicted octanol–water partition coefficient (Wildman–Crippen LogP) is 16.9. The number of quaternary nitrogens is 1. The molecule has 0 spiro atoms. The minimum Gasteiger partial charge on any atom is -0.756 e. The van der Waals surface area contributed by atoms with Crippen LogP contribution in [0.3, 0.4) is 0 Å². The number of carbonyl (C=O) groups is 2. The van der Waals surface area contributed by atoms with Crippen LogP contribution >= 0.6 is 7.82 Å². The van der Waals surface area contributed by atoms with Crippen molar-refractivity contribution in [1.82, 2.24) is 5.32 Å². The highest BCUT2D eigenvalue weighted by Crippen LogP contribution is 2.38. The van der Waals surface area contributed by atoms with E-state index in [1.54, 1.807) is 0 Å². The number of unbranched alkanes of at least 4 members (excludes halogenated alkanes) is 28. The molecule has 0 aliphatic carbocycles. The van der Waals surface area contributed by atoms with Gasteiger partial charge < -0.3 is 28.5 Å². The van der Waals surface area contributed by atoms with Gasteiger partial charge in [0.2, 0.25) is 5.91 Å². The number of likely N-dealkylation sites (N-methyl/N-ethyl adjacent to an activating group) is 1. The smallest absolute Gasteiger partial charge is 0.306 e. The summed E-state index contributed by atoms with van der Waals surface area (Å²) >= 11 is 0. The normalized spacial score (nSPS) is 14.2. The van der Waals surface area contributed by atoms with Crippen molar-refractivity contribution < 1.29 is 37.3 Å². The molecule has 408 valence electrons. The fourth-order valence-electron chi connectivity index (χ4n) is 8.15. The van der Waals surface area contributed by atoms with Crippen molar-refractivity contribution in [2.75, 3.05) is 40.9 Å². The van der Waals surface area contributed by atoms with E-state index in [2.05, 4.69) is 74.7 Å². The molecule has 70 heavy (non-hydrogen) atoms. The van der Waals surface area contributed by atoms with Gasteiger partial charge in [-0.2, -0.15) is 0 Å². The van der Waals surface area contributed by atoms with Gasteiger partial charge in [-0.05, 0) is 76.7 Å². The quantitative estimate of drug-likeness (QED) is 0.0212. The number of phosphoric ester groups is 1. The number of rotatable bonds is 52. The lowest BCUT2D eigenvalue weighted by molar-refractivity contribution is -0.870. The van der Waals surface area contributed by atoms with Crippen LogP contribution in [-0.2, 0) is 27.9 Å². The van der Waals surface area contributed by atoms with Crippen LogP contribution < -0.4 is 10.2 Å². The Hall–Kier alpha value is -2.29. The summed E-state index contributed by atoms with van der Waals surface area (Å²) in [6.07, 6.45) is 61.8. The molecule has 0 aliphatic rings. The number of carbonyl (C=O) groups excluding carboxylic acids is 2. The van der Waals surface area contributed by atoms with E-state index in [-0.39, 0.29) is 24.9 Å². The van der Waals surface area contributed by atoms with Crippen LogP contribution in [-0.4, -0.2) is 69.4 Å². The molecule has 0 aromatic heterocycles. The molecule has 0 saturated carbocycles. The molecule has 0 aromatic carbocycles. The summed E-state index contributed by atoms with van der Waals surface area (Å²) in [5.41, 5.74) is 0. The third kappa shape index (κ3) is 50.6. The molecule has 10 heteroatoms. The number of nitrogens with zero attached hydrogens (tertiary/aromatic N) is 1. The number of hydrogen-bond donors (Lipinski definition) is 1. The van der Waals surface area contributed by atoms with Crippen LogP contribution in [0.25, 0.3) is 0 Å². The Bertz CT molecular complexity index is 1390. The summed E-state index contributed by atoms with van der Waals surface area (Å²) in [5.74, 6) is -0.573. The molecule has 3 atom stereocenters. The van der Waals surface area contributed by atoms with Gasteiger partial charge in [0, 0.05) is 12.8 Å². The molecule has 0 aromatic rings. The van der Waals surface area contributed by atoms with Crippen molar-refractivity contribution in [2.45, 2.75) is 270 Å². The first kappa shape index (κ1) is 67.7. The lowest BCUT2D eigenvalue weighted by Crippen LogP contribution is -2.47.